The zero-order chi connectivity index (χ0) is 22.5. The highest BCUT2D eigenvalue weighted by molar-refractivity contribution is 5.80. The lowest BCUT2D eigenvalue weighted by molar-refractivity contribution is 0.315. The topological polar surface area (TPSA) is 81.9 Å². The van der Waals surface area contributed by atoms with Crippen molar-refractivity contribution in [2.45, 2.75) is 33.2 Å². The van der Waals surface area contributed by atoms with Crippen LogP contribution in [0.1, 0.15) is 36.5 Å². The monoisotopic (exact) mass is 429 g/mol. The summed E-state index contributed by atoms with van der Waals surface area (Å²) in [5.41, 5.74) is 1.79. The van der Waals surface area contributed by atoms with E-state index in [1.165, 1.54) is 10.2 Å². The molecule has 4 rings (SSSR count). The maximum atomic E-state index is 12.9. The van der Waals surface area contributed by atoms with Crippen molar-refractivity contribution in [2.75, 3.05) is 18.5 Å². The summed E-state index contributed by atoms with van der Waals surface area (Å²) >= 11 is 0. The first kappa shape index (κ1) is 21.5. The number of nitrogens with zero attached hydrogens (tertiary/aromatic N) is 4. The van der Waals surface area contributed by atoms with Crippen molar-refractivity contribution in [2.24, 2.45) is 0 Å². The van der Waals surface area contributed by atoms with Crippen molar-refractivity contribution < 1.29 is 4.74 Å². The highest BCUT2D eigenvalue weighted by atomic mass is 16.5. The molecule has 0 bridgehead atoms. The fourth-order valence-electron chi connectivity index (χ4n) is 3.58. The molecule has 2 aromatic heterocycles. The maximum Gasteiger partial charge on any atom is 0.275 e. The van der Waals surface area contributed by atoms with Gasteiger partial charge >= 0.3 is 0 Å². The molecule has 7 heteroatoms. The first-order valence-corrected chi connectivity index (χ1v) is 10.8. The van der Waals surface area contributed by atoms with Gasteiger partial charge in [0.2, 0.25) is 0 Å². The number of nitrogens with one attached hydrogen (secondary N) is 1. The molecule has 1 N–H and O–H groups in total. The number of benzene rings is 2. The van der Waals surface area contributed by atoms with Crippen LogP contribution in [-0.4, -0.2) is 32.9 Å². The molecule has 32 heavy (non-hydrogen) atoms. The molecule has 0 radical (unpaired) electrons. The van der Waals surface area contributed by atoms with Crippen molar-refractivity contribution in [1.82, 2.24) is 19.7 Å². The molecule has 0 amide bonds. The summed E-state index contributed by atoms with van der Waals surface area (Å²) in [6.07, 6.45) is 2.54. The van der Waals surface area contributed by atoms with Crippen molar-refractivity contribution in [1.29, 1.82) is 0 Å². The zero-order valence-electron chi connectivity index (χ0n) is 18.6. The molecule has 0 fully saturated rings. The van der Waals surface area contributed by atoms with E-state index >= 15 is 0 Å². The van der Waals surface area contributed by atoms with E-state index in [0.717, 1.165) is 29.1 Å². The zero-order valence-corrected chi connectivity index (χ0v) is 18.6. The Balaban J connectivity index is 1.42. The summed E-state index contributed by atoms with van der Waals surface area (Å²) in [5.74, 6) is 2.25. The van der Waals surface area contributed by atoms with Crippen LogP contribution in [0.5, 0.6) is 5.75 Å². The number of hydrogen-bond acceptors (Lipinski definition) is 6. The number of aromatic nitrogens is 4. The summed E-state index contributed by atoms with van der Waals surface area (Å²) in [5, 5.41) is 9.18. The molecule has 0 aliphatic heterocycles. The minimum Gasteiger partial charge on any atom is -0.494 e. The minimum absolute atomic E-state index is 0.130. The van der Waals surface area contributed by atoms with Gasteiger partial charge in [0.15, 0.2) is 0 Å². The molecule has 2 heterocycles. The quantitative estimate of drug-likeness (QED) is 0.421. The first-order valence-electron chi connectivity index (χ1n) is 10.8. The van der Waals surface area contributed by atoms with Gasteiger partial charge in [-0.05, 0) is 51.0 Å². The highest BCUT2D eigenvalue weighted by Crippen LogP contribution is 2.18. The van der Waals surface area contributed by atoms with Crippen LogP contribution in [0.4, 0.5) is 5.82 Å². The van der Waals surface area contributed by atoms with Gasteiger partial charge in [0, 0.05) is 18.0 Å². The average Bonchev–Trinajstić information content (AvgIpc) is 2.78. The van der Waals surface area contributed by atoms with Crippen LogP contribution in [0.2, 0.25) is 0 Å². The van der Waals surface area contributed by atoms with Crippen molar-refractivity contribution in [3.8, 4) is 5.75 Å². The lowest BCUT2D eigenvalue weighted by atomic mass is 10.2. The Bertz CT molecular complexity index is 1280. The molecular weight excluding hydrogens is 402 g/mol. The number of fused-ring (bicyclic) bond motifs is 1. The van der Waals surface area contributed by atoms with Gasteiger partial charge in [0.1, 0.15) is 17.4 Å². The molecule has 164 valence electrons. The van der Waals surface area contributed by atoms with Crippen molar-refractivity contribution in [3.05, 3.63) is 88.2 Å². The molecule has 1 atom stereocenters. The lowest BCUT2D eigenvalue weighted by Crippen LogP contribution is -2.27. The third-order valence-electron chi connectivity index (χ3n) is 5.26. The molecule has 2 aromatic carbocycles. The SMILES string of the molecule is Cc1cccc(OCCCNc2cc([C@H](C)n3ncc4ccccc4c3=O)nc(C)n2)c1. The van der Waals surface area contributed by atoms with Gasteiger partial charge in [0.25, 0.3) is 5.56 Å². The number of hydrogen-bond donors (Lipinski definition) is 1. The van der Waals surface area contributed by atoms with Crippen LogP contribution in [0.15, 0.2) is 65.6 Å². The largest absolute Gasteiger partial charge is 0.494 e. The lowest BCUT2D eigenvalue weighted by Gasteiger charge is -2.16. The predicted molar refractivity (Wildman–Crippen MR) is 126 cm³/mol. The van der Waals surface area contributed by atoms with E-state index in [2.05, 4.69) is 20.4 Å². The highest BCUT2D eigenvalue weighted by Gasteiger charge is 2.15. The molecule has 0 saturated carbocycles. The Hall–Kier alpha value is -3.74. The number of anilines is 1. The van der Waals surface area contributed by atoms with Gasteiger partial charge in [-0.3, -0.25) is 4.79 Å². The standard InChI is InChI=1S/C25H27N5O2/c1-17-8-6-10-21(14-17)32-13-7-12-26-24-15-23(28-19(3)29-24)18(2)30-25(31)22-11-5-4-9-20(22)16-27-30/h4-6,8-11,14-16,18H,7,12-13H2,1-3H3,(H,26,28,29)/t18-/m0/s1. The number of aryl methyl sites for hydroxylation is 2. The van der Waals surface area contributed by atoms with Crippen LogP contribution < -0.4 is 15.6 Å². The van der Waals surface area contributed by atoms with Crippen LogP contribution in [0.25, 0.3) is 10.8 Å². The van der Waals surface area contributed by atoms with E-state index in [0.29, 0.717) is 24.4 Å². The van der Waals surface area contributed by atoms with Crippen molar-refractivity contribution >= 4 is 16.6 Å². The molecule has 0 spiro atoms. The molecule has 0 aliphatic carbocycles. The molecule has 0 unspecified atom stereocenters. The summed E-state index contributed by atoms with van der Waals surface area (Å²) in [6, 6.07) is 17.0. The first-order chi connectivity index (χ1) is 15.5. The Kier molecular flexibility index (Phi) is 6.44. The summed E-state index contributed by atoms with van der Waals surface area (Å²) < 4.78 is 7.27. The van der Waals surface area contributed by atoms with E-state index in [1.807, 2.05) is 75.4 Å². The van der Waals surface area contributed by atoms with E-state index < -0.39 is 0 Å². The minimum atomic E-state index is -0.320. The third kappa shape index (κ3) is 4.94. The molecule has 7 nitrogen and oxygen atoms in total. The summed E-state index contributed by atoms with van der Waals surface area (Å²) in [6.45, 7) is 7.14. The second-order valence-electron chi connectivity index (χ2n) is 7.83. The van der Waals surface area contributed by atoms with Gasteiger partial charge < -0.3 is 10.1 Å². The predicted octanol–water partition coefficient (Wildman–Crippen LogP) is 4.29. The molecule has 4 aromatic rings. The van der Waals surface area contributed by atoms with Gasteiger partial charge in [-0.15, -0.1) is 0 Å². The van der Waals surface area contributed by atoms with Crippen molar-refractivity contribution in [3.63, 3.8) is 0 Å². The fraction of sp³-hybridized carbons (Fsp3) is 0.280. The number of ether oxygens (including phenoxy) is 1. The fourth-order valence-corrected chi connectivity index (χ4v) is 3.58. The number of rotatable bonds is 8. The van der Waals surface area contributed by atoms with Crippen LogP contribution in [0.3, 0.4) is 0 Å². The average molecular weight is 430 g/mol. The van der Waals surface area contributed by atoms with E-state index in [4.69, 9.17) is 4.74 Å². The van der Waals surface area contributed by atoms with E-state index in [9.17, 15) is 4.79 Å². The smallest absolute Gasteiger partial charge is 0.275 e. The molecular formula is C25H27N5O2. The Morgan fingerprint density at radius 3 is 2.75 bits per heavy atom. The van der Waals surface area contributed by atoms with Crippen LogP contribution in [-0.2, 0) is 0 Å². The van der Waals surface area contributed by atoms with Gasteiger partial charge in [-0.2, -0.15) is 5.10 Å². The Morgan fingerprint density at radius 1 is 1.06 bits per heavy atom. The molecule has 0 aliphatic rings. The van der Waals surface area contributed by atoms with Crippen LogP contribution in [0, 0.1) is 13.8 Å². The summed E-state index contributed by atoms with van der Waals surface area (Å²) in [4.78, 5) is 21.9. The van der Waals surface area contributed by atoms with Gasteiger partial charge in [-0.25, -0.2) is 14.6 Å². The van der Waals surface area contributed by atoms with E-state index in [-0.39, 0.29) is 11.6 Å². The normalized spacial score (nSPS) is 12.0. The van der Waals surface area contributed by atoms with Gasteiger partial charge in [-0.1, -0.05) is 30.3 Å². The second kappa shape index (κ2) is 9.60. The van der Waals surface area contributed by atoms with Crippen LogP contribution >= 0.6 is 0 Å². The van der Waals surface area contributed by atoms with Gasteiger partial charge in [0.05, 0.1) is 29.9 Å². The molecule has 0 saturated heterocycles. The third-order valence-corrected chi connectivity index (χ3v) is 5.26. The summed E-state index contributed by atoms with van der Waals surface area (Å²) in [7, 11) is 0. The Morgan fingerprint density at radius 2 is 1.91 bits per heavy atom. The Labute approximate surface area is 187 Å². The van der Waals surface area contributed by atoms with E-state index in [1.54, 1.807) is 6.20 Å². The maximum absolute atomic E-state index is 12.9. The second-order valence-corrected chi connectivity index (χ2v) is 7.83.